The fraction of sp³-hybridized carbons (Fsp3) is 0.0952. The molecule has 0 spiro atoms. The molecule has 0 N–H and O–H groups in total. The lowest BCUT2D eigenvalue weighted by molar-refractivity contribution is 0.184. The Bertz CT molecular complexity index is 1680. The Balaban J connectivity index is 1.04. The van der Waals surface area contributed by atoms with Gasteiger partial charge in [0.05, 0.1) is 0 Å². The topological polar surface area (TPSA) is 49.9 Å². The lowest BCUT2D eigenvalue weighted by atomic mass is 9.68. The molecule has 0 fully saturated rings. The molecule has 0 aliphatic rings. The molecule has 6 rings (SSSR count). The third-order valence-electron chi connectivity index (χ3n) is 8.15. The van der Waals surface area contributed by atoms with Gasteiger partial charge in [-0.3, -0.25) is 9.59 Å². The van der Waals surface area contributed by atoms with Gasteiger partial charge in [0, 0.05) is 37.6 Å². The highest BCUT2D eigenvalue weighted by Crippen LogP contribution is 2.21. The first-order chi connectivity index (χ1) is 24.1. The molecule has 0 amide bonds. The maximum Gasteiger partial charge on any atom is 0.300 e. The van der Waals surface area contributed by atoms with E-state index in [4.69, 9.17) is 4.74 Å². The zero-order valence-electron chi connectivity index (χ0n) is 27.3. The van der Waals surface area contributed by atoms with Crippen molar-refractivity contribution >= 4 is 48.6 Å². The highest BCUT2D eigenvalue weighted by atomic mass is 16.6. The number of hydrogen-bond donors (Lipinski definition) is 0. The van der Waals surface area contributed by atoms with Crippen molar-refractivity contribution in [1.82, 2.24) is 0 Å². The van der Waals surface area contributed by atoms with Crippen LogP contribution in [0.4, 0.5) is 21.0 Å². The van der Waals surface area contributed by atoms with E-state index in [1.165, 1.54) is 36.8 Å². The quantitative estimate of drug-likeness (QED) is 0.0904. The SMILES string of the molecule is O=C([B]c1ccc(N(Cc2ccccc2)Cc2ccccc2)cc1)OC(=O)[B]c1ccc(N(Cc2ccccc2)Cc2ccccc2)cc1. The molecule has 0 aliphatic carbocycles. The van der Waals surface area contributed by atoms with Crippen LogP contribution < -0.4 is 20.7 Å². The molecule has 7 heteroatoms. The predicted molar refractivity (Wildman–Crippen MR) is 201 cm³/mol. The first kappa shape index (κ1) is 33.1. The molecule has 0 atom stereocenters. The molecular weight excluding hydrogens is 602 g/mol. The summed E-state index contributed by atoms with van der Waals surface area (Å²) in [6, 6.07) is 56.7. The van der Waals surface area contributed by atoms with E-state index in [0.717, 1.165) is 37.6 Å². The summed E-state index contributed by atoms with van der Waals surface area (Å²) >= 11 is 0. The molecule has 5 nitrogen and oxygen atoms in total. The number of rotatable bonds is 14. The number of carbonyl (C=O) groups excluding carboxylic acids is 2. The van der Waals surface area contributed by atoms with Gasteiger partial charge >= 0.3 is 0 Å². The van der Waals surface area contributed by atoms with Crippen LogP contribution >= 0.6 is 0 Å². The van der Waals surface area contributed by atoms with E-state index >= 15 is 0 Å². The minimum Gasteiger partial charge on any atom is -0.411 e. The van der Waals surface area contributed by atoms with Crippen LogP contribution in [0.1, 0.15) is 22.3 Å². The van der Waals surface area contributed by atoms with Crippen LogP contribution in [0, 0.1) is 0 Å². The zero-order chi connectivity index (χ0) is 33.7. The van der Waals surface area contributed by atoms with Gasteiger partial charge in [-0.25, -0.2) is 0 Å². The lowest BCUT2D eigenvalue weighted by Crippen LogP contribution is -2.31. The van der Waals surface area contributed by atoms with Crippen molar-refractivity contribution in [3.63, 3.8) is 0 Å². The number of hydrogen-bond acceptors (Lipinski definition) is 5. The van der Waals surface area contributed by atoms with Crippen LogP contribution in [0.25, 0.3) is 0 Å². The van der Waals surface area contributed by atoms with E-state index in [-0.39, 0.29) is 0 Å². The predicted octanol–water partition coefficient (Wildman–Crippen LogP) is 7.72. The Morgan fingerprint density at radius 3 is 0.918 bits per heavy atom. The lowest BCUT2D eigenvalue weighted by Gasteiger charge is -2.25. The summed E-state index contributed by atoms with van der Waals surface area (Å²) < 4.78 is 5.12. The third-order valence-corrected chi connectivity index (χ3v) is 8.15. The highest BCUT2D eigenvalue weighted by Gasteiger charge is 2.17. The summed E-state index contributed by atoms with van der Waals surface area (Å²) in [5.74, 6) is -1.43. The molecule has 0 saturated carbocycles. The van der Waals surface area contributed by atoms with E-state index in [0.29, 0.717) is 10.9 Å². The van der Waals surface area contributed by atoms with Crippen LogP contribution in [0.15, 0.2) is 170 Å². The van der Waals surface area contributed by atoms with Crippen LogP contribution in [0.5, 0.6) is 0 Å². The Morgan fingerprint density at radius 2 is 0.653 bits per heavy atom. The van der Waals surface area contributed by atoms with E-state index in [1.54, 1.807) is 0 Å². The van der Waals surface area contributed by atoms with Gasteiger partial charge in [-0.15, -0.1) is 0 Å². The Labute approximate surface area is 290 Å². The summed E-state index contributed by atoms with van der Waals surface area (Å²) in [5, 5.41) is 0. The van der Waals surface area contributed by atoms with E-state index in [2.05, 4.69) is 58.3 Å². The molecule has 2 radical (unpaired) electrons. The summed E-state index contributed by atoms with van der Waals surface area (Å²) in [6.45, 7) is 2.96. The average Bonchev–Trinajstić information content (AvgIpc) is 3.13. The smallest absolute Gasteiger partial charge is 0.300 e. The van der Waals surface area contributed by atoms with Crippen molar-refractivity contribution in [2.75, 3.05) is 9.80 Å². The van der Waals surface area contributed by atoms with Gasteiger partial charge in [0.1, 0.15) is 0 Å². The molecule has 0 aliphatic heterocycles. The van der Waals surface area contributed by atoms with Gasteiger partial charge in [0.15, 0.2) is 0 Å². The molecule has 0 saturated heterocycles. The Morgan fingerprint density at radius 1 is 0.388 bits per heavy atom. The Kier molecular flexibility index (Phi) is 11.4. The van der Waals surface area contributed by atoms with Crippen molar-refractivity contribution < 1.29 is 14.3 Å². The average molecular weight is 638 g/mol. The molecule has 238 valence electrons. The van der Waals surface area contributed by atoms with Crippen molar-refractivity contribution in [3.8, 4) is 0 Å². The van der Waals surface area contributed by atoms with Gasteiger partial charge in [-0.2, -0.15) is 0 Å². The van der Waals surface area contributed by atoms with E-state index < -0.39 is 11.7 Å². The molecule has 49 heavy (non-hydrogen) atoms. The second-order valence-electron chi connectivity index (χ2n) is 11.9. The van der Waals surface area contributed by atoms with Crippen LogP contribution in [0.2, 0.25) is 0 Å². The molecular formula is C42H36B2N2O3. The monoisotopic (exact) mass is 638 g/mol. The standard InChI is InChI=1S/C42H36B2N2O3/c47-41(43-37-21-25-39(26-22-37)45(29-33-13-5-1-6-14-33)30-34-15-7-2-8-16-34)49-42(48)44-38-23-27-40(28-24-38)46(31-35-17-9-3-10-18-35)32-36-19-11-4-12-20-36/h1-28H,29-32H2. The number of benzene rings is 6. The maximum absolute atomic E-state index is 12.7. The number of nitrogens with zero attached hydrogens (tertiary/aromatic N) is 2. The number of carbonyl (C=O) groups is 2. The minimum absolute atomic E-state index is 0.655. The molecule has 6 aromatic carbocycles. The van der Waals surface area contributed by atoms with E-state index in [1.807, 2.05) is 121 Å². The molecule has 0 heterocycles. The van der Waals surface area contributed by atoms with Crippen molar-refractivity contribution in [2.24, 2.45) is 0 Å². The fourth-order valence-electron chi connectivity index (χ4n) is 5.69. The van der Waals surface area contributed by atoms with Crippen LogP contribution in [-0.2, 0) is 30.9 Å². The Hall–Kier alpha value is -5.81. The molecule has 6 aromatic rings. The second-order valence-corrected chi connectivity index (χ2v) is 11.9. The summed E-state index contributed by atoms with van der Waals surface area (Å²) in [7, 11) is 2.67. The maximum atomic E-state index is 12.7. The zero-order valence-corrected chi connectivity index (χ0v) is 27.3. The van der Waals surface area contributed by atoms with Crippen molar-refractivity contribution in [2.45, 2.75) is 26.2 Å². The van der Waals surface area contributed by atoms with Gasteiger partial charge < -0.3 is 14.5 Å². The summed E-state index contributed by atoms with van der Waals surface area (Å²) in [6.07, 6.45) is 0. The first-order valence-corrected chi connectivity index (χ1v) is 16.4. The summed E-state index contributed by atoms with van der Waals surface area (Å²) in [5.41, 5.74) is 8.19. The number of ether oxygens (including phenoxy) is 1. The fourth-order valence-corrected chi connectivity index (χ4v) is 5.69. The normalized spacial score (nSPS) is 10.5. The summed E-state index contributed by atoms with van der Waals surface area (Å²) in [4.78, 5) is 29.9. The van der Waals surface area contributed by atoms with Crippen LogP contribution in [0.3, 0.4) is 0 Å². The number of anilines is 2. The second kappa shape index (κ2) is 16.8. The van der Waals surface area contributed by atoms with Gasteiger partial charge in [0.2, 0.25) is 0 Å². The van der Waals surface area contributed by atoms with E-state index in [9.17, 15) is 9.59 Å². The highest BCUT2D eigenvalue weighted by molar-refractivity contribution is 6.87. The van der Waals surface area contributed by atoms with Gasteiger partial charge in [-0.1, -0.05) is 157 Å². The first-order valence-electron chi connectivity index (χ1n) is 16.4. The minimum atomic E-state index is -0.715. The van der Waals surface area contributed by atoms with Crippen molar-refractivity contribution in [3.05, 3.63) is 192 Å². The van der Waals surface area contributed by atoms with Crippen molar-refractivity contribution in [1.29, 1.82) is 0 Å². The van der Waals surface area contributed by atoms with Gasteiger partial charge in [-0.05, 0) is 46.5 Å². The largest absolute Gasteiger partial charge is 0.411 e. The molecule has 0 aromatic heterocycles. The molecule has 0 unspecified atom stereocenters. The van der Waals surface area contributed by atoms with Crippen LogP contribution in [-0.4, -0.2) is 26.3 Å². The third kappa shape index (κ3) is 10.1. The van der Waals surface area contributed by atoms with Gasteiger partial charge in [0.25, 0.3) is 26.3 Å². The molecule has 0 bridgehead atoms.